The van der Waals surface area contributed by atoms with Crippen molar-refractivity contribution in [3.63, 3.8) is 0 Å². The summed E-state index contributed by atoms with van der Waals surface area (Å²) in [5.41, 5.74) is 1.59. The number of sulfone groups is 1. The maximum Gasteiger partial charge on any atom is 0.166 e. The molecule has 0 spiro atoms. The van der Waals surface area contributed by atoms with Gasteiger partial charge in [-0.2, -0.15) is 0 Å². The second kappa shape index (κ2) is 5.08. The maximum absolute atomic E-state index is 11.8. The van der Waals surface area contributed by atoms with Gasteiger partial charge in [0.05, 0.1) is 0 Å². The van der Waals surface area contributed by atoms with Crippen LogP contribution in [0.3, 0.4) is 0 Å². The molecular weight excluding hydrogens is 304 g/mol. The zero-order valence-electron chi connectivity index (χ0n) is 10.1. The molecule has 0 aliphatic carbocycles. The van der Waals surface area contributed by atoms with Gasteiger partial charge in [0.15, 0.2) is 13.5 Å². The van der Waals surface area contributed by atoms with Gasteiger partial charge in [-0.3, -0.25) is 0 Å². The van der Waals surface area contributed by atoms with Gasteiger partial charge in [-0.15, -0.1) is 0 Å². The molecule has 0 aliphatic rings. The van der Waals surface area contributed by atoms with Crippen molar-refractivity contribution in [3.8, 4) is 0 Å². The van der Waals surface area contributed by atoms with Crippen molar-refractivity contribution >= 4 is 25.8 Å². The number of benzene rings is 1. The molecule has 0 saturated heterocycles. The number of aryl methyl sites for hydroxylation is 1. The zero-order chi connectivity index (χ0) is 13.3. The van der Waals surface area contributed by atoms with Crippen LogP contribution in [0.2, 0.25) is 0 Å². The topological polar surface area (TPSA) is 54.4 Å². The summed E-state index contributed by atoms with van der Waals surface area (Å²) in [7, 11) is -3.41. The van der Waals surface area contributed by atoms with Crippen molar-refractivity contribution < 1.29 is 13.5 Å². The van der Waals surface area contributed by atoms with Crippen LogP contribution in [0.4, 0.5) is 0 Å². The van der Waals surface area contributed by atoms with Gasteiger partial charge in [-0.05, 0) is 18.9 Å². The Labute approximate surface area is 111 Å². The quantitative estimate of drug-likeness (QED) is 0.867. The summed E-state index contributed by atoms with van der Waals surface area (Å²) in [6, 6.07) is 7.23. The van der Waals surface area contributed by atoms with E-state index in [1.165, 1.54) is 0 Å². The minimum absolute atomic E-state index is 0.293. The minimum Gasteiger partial charge on any atom is -0.386 e. The van der Waals surface area contributed by atoms with Crippen LogP contribution in [0.15, 0.2) is 24.3 Å². The first kappa shape index (κ1) is 14.7. The molecule has 17 heavy (non-hydrogen) atoms. The predicted octanol–water partition coefficient (Wildman–Crippen LogP) is 2.57. The summed E-state index contributed by atoms with van der Waals surface area (Å²) in [6.07, 6.45) is 0.341. The number of aliphatic hydroxyl groups excluding tert-OH is 1. The van der Waals surface area contributed by atoms with E-state index in [4.69, 9.17) is 0 Å². The lowest BCUT2D eigenvalue weighted by Gasteiger charge is -2.30. The fourth-order valence-corrected chi connectivity index (χ4v) is 3.08. The number of rotatable bonds is 4. The molecule has 0 bridgehead atoms. The Kier molecular flexibility index (Phi) is 4.38. The molecule has 5 heteroatoms. The van der Waals surface area contributed by atoms with Crippen LogP contribution in [-0.4, -0.2) is 23.4 Å². The smallest absolute Gasteiger partial charge is 0.166 e. The van der Waals surface area contributed by atoms with Crippen LogP contribution in [0.5, 0.6) is 0 Å². The Morgan fingerprint density at radius 2 is 2.06 bits per heavy atom. The van der Waals surface area contributed by atoms with Gasteiger partial charge >= 0.3 is 0 Å². The van der Waals surface area contributed by atoms with Gasteiger partial charge in [-0.25, -0.2) is 8.42 Å². The Hall–Kier alpha value is -0.390. The summed E-state index contributed by atoms with van der Waals surface area (Å²) < 4.78 is 22.2. The molecule has 1 N–H and O–H groups in total. The van der Waals surface area contributed by atoms with E-state index < -0.39 is 19.6 Å². The molecule has 1 aromatic carbocycles. The molecule has 96 valence electrons. The lowest BCUT2D eigenvalue weighted by Crippen LogP contribution is -2.37. The summed E-state index contributed by atoms with van der Waals surface area (Å²) in [4.78, 5) is 0. The largest absolute Gasteiger partial charge is 0.386 e. The highest BCUT2D eigenvalue weighted by atomic mass is 79.9. The van der Waals surface area contributed by atoms with Gasteiger partial charge < -0.3 is 5.11 Å². The maximum atomic E-state index is 11.8. The van der Waals surface area contributed by atoms with E-state index in [0.717, 1.165) is 11.8 Å². The van der Waals surface area contributed by atoms with Gasteiger partial charge in [0, 0.05) is 6.26 Å². The molecule has 0 amide bonds. The molecule has 0 saturated carbocycles. The summed E-state index contributed by atoms with van der Waals surface area (Å²) >= 11 is 3.19. The molecule has 2 atom stereocenters. The Bertz CT molecular complexity index is 498. The predicted molar refractivity (Wildman–Crippen MR) is 72.9 cm³/mol. The van der Waals surface area contributed by atoms with Crippen molar-refractivity contribution in [1.82, 2.24) is 0 Å². The number of hydrogen-bond donors (Lipinski definition) is 1. The first-order chi connectivity index (χ1) is 7.72. The van der Waals surface area contributed by atoms with Crippen LogP contribution in [0, 0.1) is 6.92 Å². The molecule has 0 aromatic heterocycles. The first-order valence-corrected chi connectivity index (χ1v) is 8.04. The van der Waals surface area contributed by atoms with E-state index in [9.17, 15) is 13.5 Å². The fraction of sp³-hybridized carbons (Fsp3) is 0.500. The van der Waals surface area contributed by atoms with Crippen molar-refractivity contribution in [2.75, 3.05) is 6.26 Å². The summed E-state index contributed by atoms with van der Waals surface area (Å²) in [6.45, 7) is 3.63. The second-order valence-corrected chi connectivity index (χ2v) is 8.44. The van der Waals surface area contributed by atoms with E-state index in [1.54, 1.807) is 25.1 Å². The molecule has 0 heterocycles. The molecule has 0 unspecified atom stereocenters. The highest BCUT2D eigenvalue weighted by molar-refractivity contribution is 9.11. The average Bonchev–Trinajstić information content (AvgIpc) is 2.25. The average molecular weight is 321 g/mol. The molecular formula is C12H17BrO3S. The molecule has 1 rings (SSSR count). The van der Waals surface area contributed by atoms with Gasteiger partial charge in [0.2, 0.25) is 0 Å². The van der Waals surface area contributed by atoms with E-state index in [0.29, 0.717) is 12.0 Å². The highest BCUT2D eigenvalue weighted by Crippen LogP contribution is 2.41. The standard InChI is InChI=1S/C12H17BrO3S/c1-4-12(13,17(3,15)16)11(14)10-7-5-6-9(2)8-10/h5-8,11,14H,4H2,1-3H3/t11-,12-/m1/s1. The summed E-state index contributed by atoms with van der Waals surface area (Å²) in [5.74, 6) is 0. The Morgan fingerprint density at radius 1 is 1.47 bits per heavy atom. The number of alkyl halides is 1. The van der Waals surface area contributed by atoms with E-state index >= 15 is 0 Å². The van der Waals surface area contributed by atoms with Gasteiger partial charge in [0.25, 0.3) is 0 Å². The SMILES string of the molecule is CC[C@](Br)([C@H](O)c1cccc(C)c1)S(C)(=O)=O. The van der Waals surface area contributed by atoms with Crippen molar-refractivity contribution in [1.29, 1.82) is 0 Å². The van der Waals surface area contributed by atoms with Crippen molar-refractivity contribution in [2.45, 2.75) is 30.0 Å². The van der Waals surface area contributed by atoms with Crippen LogP contribution in [0.25, 0.3) is 0 Å². The van der Waals surface area contributed by atoms with Crippen LogP contribution < -0.4 is 0 Å². The third-order valence-corrected chi connectivity index (χ3v) is 7.37. The Balaban J connectivity index is 3.24. The van der Waals surface area contributed by atoms with E-state index in [-0.39, 0.29) is 0 Å². The second-order valence-electron chi connectivity index (χ2n) is 4.23. The fourth-order valence-electron chi connectivity index (χ4n) is 1.75. The minimum atomic E-state index is -3.41. The van der Waals surface area contributed by atoms with Crippen molar-refractivity contribution in [2.24, 2.45) is 0 Å². The van der Waals surface area contributed by atoms with Crippen molar-refractivity contribution in [3.05, 3.63) is 35.4 Å². The monoisotopic (exact) mass is 320 g/mol. The van der Waals surface area contributed by atoms with E-state index in [1.807, 2.05) is 13.0 Å². The molecule has 3 nitrogen and oxygen atoms in total. The lowest BCUT2D eigenvalue weighted by atomic mass is 10.0. The van der Waals surface area contributed by atoms with Gasteiger partial charge in [-0.1, -0.05) is 52.7 Å². The first-order valence-electron chi connectivity index (χ1n) is 5.35. The van der Waals surface area contributed by atoms with E-state index in [2.05, 4.69) is 15.9 Å². The number of halogens is 1. The third kappa shape index (κ3) is 2.89. The number of aliphatic hydroxyl groups is 1. The third-order valence-electron chi connectivity index (χ3n) is 2.86. The van der Waals surface area contributed by atoms with Crippen LogP contribution >= 0.6 is 15.9 Å². The molecule has 1 aromatic rings. The summed E-state index contributed by atoms with van der Waals surface area (Å²) in [5, 5.41) is 10.3. The van der Waals surface area contributed by atoms with Crippen LogP contribution in [-0.2, 0) is 9.84 Å². The Morgan fingerprint density at radius 3 is 2.47 bits per heavy atom. The lowest BCUT2D eigenvalue weighted by molar-refractivity contribution is 0.160. The molecule has 0 fully saturated rings. The normalized spacial score (nSPS) is 17.5. The zero-order valence-corrected chi connectivity index (χ0v) is 12.5. The number of hydrogen-bond acceptors (Lipinski definition) is 3. The van der Waals surface area contributed by atoms with Gasteiger partial charge in [0.1, 0.15) is 6.10 Å². The molecule has 0 aliphatic heterocycles. The van der Waals surface area contributed by atoms with Crippen LogP contribution in [0.1, 0.15) is 30.6 Å². The molecule has 0 radical (unpaired) electrons. The highest BCUT2D eigenvalue weighted by Gasteiger charge is 2.44.